The van der Waals surface area contributed by atoms with E-state index in [1.807, 2.05) is 6.07 Å². The average molecular weight is 458 g/mol. The minimum absolute atomic E-state index is 0.101. The van der Waals surface area contributed by atoms with Crippen LogP contribution in [-0.2, 0) is 4.79 Å². The monoisotopic (exact) mass is 457 g/mol. The molecule has 0 unspecified atom stereocenters. The van der Waals surface area contributed by atoms with Gasteiger partial charge in [0.15, 0.2) is 11.8 Å². The van der Waals surface area contributed by atoms with Crippen LogP contribution in [0.25, 0.3) is 6.08 Å². The van der Waals surface area contributed by atoms with Crippen molar-refractivity contribution in [2.75, 3.05) is 6.61 Å². The molecule has 9 heteroatoms. The Morgan fingerprint density at radius 3 is 2.75 bits per heavy atom. The van der Waals surface area contributed by atoms with Gasteiger partial charge in [-0.25, -0.2) is 9.79 Å². The van der Waals surface area contributed by atoms with Crippen molar-refractivity contribution in [3.63, 3.8) is 0 Å². The number of thioether (sulfide) groups is 1. The van der Waals surface area contributed by atoms with Crippen LogP contribution < -0.4 is 10.1 Å². The first kappa shape index (κ1) is 19.7. The molecule has 2 N–H and O–H groups in total. The molecule has 1 aliphatic heterocycles. The number of halogens is 1. The molecule has 0 bridgehead atoms. The number of hydrogen-bond donors (Lipinski definition) is 2. The van der Waals surface area contributed by atoms with Crippen molar-refractivity contribution in [3.05, 3.63) is 63.0 Å². The molecule has 140 valence electrons. The molecule has 0 aliphatic carbocycles. The quantitative estimate of drug-likeness (QED) is 0.657. The number of aliphatic imine (C=N–C) groups is 1. The van der Waals surface area contributed by atoms with Crippen LogP contribution in [0.5, 0.6) is 5.75 Å². The van der Waals surface area contributed by atoms with Crippen LogP contribution in [0.3, 0.4) is 0 Å². The zero-order chi connectivity index (χ0) is 20.1. The zero-order valence-corrected chi connectivity index (χ0v) is 16.6. The fourth-order valence-corrected chi connectivity index (χ4v) is 3.50. The molecular formula is C19H12BrN3O4S. The Hall–Kier alpha value is -3.09. The van der Waals surface area contributed by atoms with Gasteiger partial charge in [-0.3, -0.25) is 4.79 Å². The molecule has 0 saturated carbocycles. The largest absolute Gasteiger partial charge is 0.478 e. The van der Waals surface area contributed by atoms with Gasteiger partial charge < -0.3 is 15.2 Å². The smallest absolute Gasteiger partial charge is 0.335 e. The minimum atomic E-state index is -1.02. The number of carbonyl (C=O) groups excluding carboxylic acids is 1. The maximum atomic E-state index is 12.3. The molecule has 1 aliphatic rings. The second-order valence-electron chi connectivity index (χ2n) is 5.46. The van der Waals surface area contributed by atoms with Crippen molar-refractivity contribution in [1.82, 2.24) is 5.32 Å². The number of carbonyl (C=O) groups is 2. The molecule has 0 spiro atoms. The Bertz CT molecular complexity index is 1040. The van der Waals surface area contributed by atoms with Gasteiger partial charge in [-0.05, 0) is 60.3 Å². The lowest BCUT2D eigenvalue weighted by Crippen LogP contribution is -2.19. The summed E-state index contributed by atoms with van der Waals surface area (Å²) in [5.74, 6) is -0.839. The Morgan fingerprint density at radius 2 is 2.07 bits per heavy atom. The SMILES string of the molecule is N#CCOc1ccc(Br)cc1C=C1SC(=Nc2ccc(C(=O)O)cc2)NC1=O. The van der Waals surface area contributed by atoms with E-state index in [0.717, 1.165) is 16.2 Å². The van der Waals surface area contributed by atoms with Crippen molar-refractivity contribution in [2.24, 2.45) is 4.99 Å². The normalized spacial score (nSPS) is 16.1. The molecule has 7 nitrogen and oxygen atoms in total. The standard InChI is InChI=1S/C19H12BrN3O4S/c20-13-3-6-15(27-8-7-21)12(9-13)10-16-17(24)23-19(28-16)22-14-4-1-11(2-5-14)18(25)26/h1-6,9-10H,8H2,(H,25,26)(H,22,23,24). The van der Waals surface area contributed by atoms with Crippen LogP contribution in [-0.4, -0.2) is 28.8 Å². The van der Waals surface area contributed by atoms with E-state index in [2.05, 4.69) is 26.2 Å². The van der Waals surface area contributed by atoms with Gasteiger partial charge in [0, 0.05) is 10.0 Å². The Kier molecular flexibility index (Phi) is 6.13. The van der Waals surface area contributed by atoms with Gasteiger partial charge in [-0.2, -0.15) is 5.26 Å². The molecule has 0 aromatic heterocycles. The molecule has 3 rings (SSSR count). The summed E-state index contributed by atoms with van der Waals surface area (Å²) in [6.07, 6.45) is 1.66. The summed E-state index contributed by atoms with van der Waals surface area (Å²) >= 11 is 4.53. The molecule has 2 aromatic carbocycles. The number of benzene rings is 2. The number of amidine groups is 1. The highest BCUT2D eigenvalue weighted by Gasteiger charge is 2.24. The second kappa shape index (κ2) is 8.73. The number of carboxylic acid groups (broad SMARTS) is 1. The van der Waals surface area contributed by atoms with E-state index in [-0.39, 0.29) is 18.1 Å². The third-order valence-corrected chi connectivity index (χ3v) is 4.95. The van der Waals surface area contributed by atoms with E-state index >= 15 is 0 Å². The van der Waals surface area contributed by atoms with E-state index in [4.69, 9.17) is 15.1 Å². The predicted molar refractivity (Wildman–Crippen MR) is 109 cm³/mol. The maximum absolute atomic E-state index is 12.3. The van der Waals surface area contributed by atoms with Gasteiger partial charge in [0.05, 0.1) is 16.2 Å². The molecule has 28 heavy (non-hydrogen) atoms. The fourth-order valence-electron chi connectivity index (χ4n) is 2.29. The van der Waals surface area contributed by atoms with Crippen LogP contribution in [0.1, 0.15) is 15.9 Å². The van der Waals surface area contributed by atoms with E-state index in [1.54, 1.807) is 36.4 Å². The highest BCUT2D eigenvalue weighted by molar-refractivity contribution is 9.10. The first-order valence-corrected chi connectivity index (χ1v) is 9.49. The maximum Gasteiger partial charge on any atom is 0.335 e. The fraction of sp³-hybridized carbons (Fsp3) is 0.0526. The van der Waals surface area contributed by atoms with E-state index < -0.39 is 5.97 Å². The number of nitrogens with zero attached hydrogens (tertiary/aromatic N) is 2. The number of ether oxygens (including phenoxy) is 1. The average Bonchev–Trinajstić information content (AvgIpc) is 3.00. The van der Waals surface area contributed by atoms with E-state index in [0.29, 0.717) is 27.1 Å². The van der Waals surface area contributed by atoms with Gasteiger partial charge in [0.25, 0.3) is 5.91 Å². The Balaban J connectivity index is 1.84. The van der Waals surface area contributed by atoms with Crippen LogP contribution in [0.4, 0.5) is 5.69 Å². The summed E-state index contributed by atoms with van der Waals surface area (Å²) < 4.78 is 6.20. The topological polar surface area (TPSA) is 112 Å². The number of amides is 1. The molecule has 1 amide bonds. The summed E-state index contributed by atoms with van der Waals surface area (Å²) in [6, 6.07) is 13.2. The first-order valence-electron chi connectivity index (χ1n) is 7.88. The van der Waals surface area contributed by atoms with Crippen molar-refractivity contribution in [2.45, 2.75) is 0 Å². The Morgan fingerprint density at radius 1 is 1.32 bits per heavy atom. The van der Waals surface area contributed by atoms with Gasteiger partial charge in [-0.15, -0.1) is 0 Å². The minimum Gasteiger partial charge on any atom is -0.478 e. The molecule has 0 radical (unpaired) electrons. The molecular weight excluding hydrogens is 446 g/mol. The van der Waals surface area contributed by atoms with Gasteiger partial charge in [0.2, 0.25) is 0 Å². The van der Waals surface area contributed by atoms with Gasteiger partial charge in [0.1, 0.15) is 11.8 Å². The lowest BCUT2D eigenvalue weighted by molar-refractivity contribution is -0.115. The van der Waals surface area contributed by atoms with Crippen LogP contribution >= 0.6 is 27.7 Å². The number of carboxylic acids is 1. The number of nitrogens with one attached hydrogen (secondary N) is 1. The van der Waals surface area contributed by atoms with Crippen LogP contribution in [0.15, 0.2) is 56.8 Å². The van der Waals surface area contributed by atoms with Crippen molar-refractivity contribution in [1.29, 1.82) is 5.26 Å². The lowest BCUT2D eigenvalue weighted by Gasteiger charge is -2.07. The summed E-state index contributed by atoms with van der Waals surface area (Å²) in [6.45, 7) is -0.101. The number of aromatic carboxylic acids is 1. The third-order valence-electron chi connectivity index (χ3n) is 3.55. The molecule has 1 heterocycles. The summed E-state index contributed by atoms with van der Waals surface area (Å²) in [7, 11) is 0. The van der Waals surface area contributed by atoms with Crippen LogP contribution in [0, 0.1) is 11.3 Å². The lowest BCUT2D eigenvalue weighted by atomic mass is 10.2. The molecule has 2 aromatic rings. The van der Waals surface area contributed by atoms with E-state index in [1.165, 1.54) is 12.1 Å². The van der Waals surface area contributed by atoms with E-state index in [9.17, 15) is 9.59 Å². The molecule has 1 fully saturated rings. The molecule has 1 saturated heterocycles. The van der Waals surface area contributed by atoms with Crippen LogP contribution in [0.2, 0.25) is 0 Å². The first-order chi connectivity index (χ1) is 13.5. The Labute approximate surface area is 172 Å². The summed E-state index contributed by atoms with van der Waals surface area (Å²) in [5.41, 5.74) is 1.33. The zero-order valence-electron chi connectivity index (χ0n) is 14.2. The summed E-state index contributed by atoms with van der Waals surface area (Å²) in [5, 5.41) is 20.7. The van der Waals surface area contributed by atoms with Crippen molar-refractivity contribution in [3.8, 4) is 11.8 Å². The van der Waals surface area contributed by atoms with Gasteiger partial charge in [-0.1, -0.05) is 15.9 Å². The van der Waals surface area contributed by atoms with Crippen molar-refractivity contribution < 1.29 is 19.4 Å². The number of nitriles is 1. The highest BCUT2D eigenvalue weighted by atomic mass is 79.9. The van der Waals surface area contributed by atoms with Gasteiger partial charge >= 0.3 is 5.97 Å². The molecule has 0 atom stereocenters. The van der Waals surface area contributed by atoms with Crippen molar-refractivity contribution >= 4 is 56.5 Å². The third kappa shape index (κ3) is 4.79. The number of hydrogen-bond acceptors (Lipinski definition) is 6. The second-order valence-corrected chi connectivity index (χ2v) is 7.41. The highest BCUT2D eigenvalue weighted by Crippen LogP contribution is 2.32. The number of rotatable bonds is 5. The predicted octanol–water partition coefficient (Wildman–Crippen LogP) is 3.94. The summed E-state index contributed by atoms with van der Waals surface area (Å²) in [4.78, 5) is 27.9.